The van der Waals surface area contributed by atoms with E-state index < -0.39 is 6.10 Å². The molecule has 1 unspecified atom stereocenters. The van der Waals surface area contributed by atoms with Crippen LogP contribution >= 0.6 is 0 Å². The van der Waals surface area contributed by atoms with E-state index in [1.54, 1.807) is 12.2 Å². The van der Waals surface area contributed by atoms with Crippen LogP contribution in [0.2, 0.25) is 0 Å². The van der Waals surface area contributed by atoms with Crippen LogP contribution in [0, 0.1) is 0 Å². The van der Waals surface area contributed by atoms with E-state index in [0.717, 1.165) is 0 Å². The lowest BCUT2D eigenvalue weighted by atomic mass is 10.1. The van der Waals surface area contributed by atoms with Crippen LogP contribution in [0.1, 0.15) is 13.3 Å². The number of nitrogens with two attached hydrogens (primary N) is 1. The van der Waals surface area contributed by atoms with Crippen LogP contribution in [0.15, 0.2) is 36.6 Å². The van der Waals surface area contributed by atoms with Gasteiger partial charge >= 0.3 is 0 Å². The van der Waals surface area contributed by atoms with Crippen LogP contribution in [0.25, 0.3) is 0 Å². The lowest BCUT2D eigenvalue weighted by molar-refractivity contribution is 0.208. The van der Waals surface area contributed by atoms with Gasteiger partial charge in [0.2, 0.25) is 0 Å². The van der Waals surface area contributed by atoms with Crippen LogP contribution in [0.3, 0.4) is 0 Å². The summed E-state index contributed by atoms with van der Waals surface area (Å²) in [4.78, 5) is 0. The lowest BCUT2D eigenvalue weighted by Crippen LogP contribution is -2.14. The first kappa shape index (κ1) is 9.98. The second-order valence-corrected chi connectivity index (χ2v) is 2.31. The van der Waals surface area contributed by atoms with E-state index in [1.165, 1.54) is 0 Å². The van der Waals surface area contributed by atoms with Crippen molar-refractivity contribution in [3.8, 4) is 0 Å². The van der Waals surface area contributed by atoms with Crippen molar-refractivity contribution in [2.75, 3.05) is 0 Å². The predicted octanol–water partition coefficient (Wildman–Crippen LogP) is 1.34. The Hall–Kier alpha value is -1.02. The van der Waals surface area contributed by atoms with E-state index in [0.29, 0.717) is 17.7 Å². The van der Waals surface area contributed by atoms with Crippen molar-refractivity contribution in [3.63, 3.8) is 0 Å². The molecular formula is C9H15NO. The monoisotopic (exact) mass is 153 g/mol. The van der Waals surface area contributed by atoms with E-state index in [-0.39, 0.29) is 0 Å². The third-order valence-electron chi connectivity index (χ3n) is 1.41. The predicted molar refractivity (Wildman–Crippen MR) is 47.9 cm³/mol. The smallest absolute Gasteiger partial charge is 0.0807 e. The zero-order valence-corrected chi connectivity index (χ0v) is 6.88. The molecule has 11 heavy (non-hydrogen) atoms. The molecule has 0 fully saturated rings. The lowest BCUT2D eigenvalue weighted by Gasteiger charge is -2.11. The van der Waals surface area contributed by atoms with Gasteiger partial charge in [0.15, 0.2) is 0 Å². The molecule has 0 radical (unpaired) electrons. The van der Waals surface area contributed by atoms with E-state index in [2.05, 4.69) is 13.2 Å². The summed E-state index contributed by atoms with van der Waals surface area (Å²) >= 11 is 0. The Morgan fingerprint density at radius 2 is 2.27 bits per heavy atom. The van der Waals surface area contributed by atoms with E-state index in [1.807, 2.05) is 6.92 Å². The highest BCUT2D eigenvalue weighted by Gasteiger charge is 2.07. The maximum atomic E-state index is 9.36. The molecule has 0 aromatic carbocycles. The summed E-state index contributed by atoms with van der Waals surface area (Å²) in [7, 11) is 0. The molecule has 0 rings (SSSR count). The fraction of sp³-hybridized carbons (Fsp3) is 0.333. The molecule has 0 aromatic rings. The van der Waals surface area contributed by atoms with Gasteiger partial charge in [-0.2, -0.15) is 0 Å². The normalized spacial score (nSPS) is 14.2. The Morgan fingerprint density at radius 1 is 1.73 bits per heavy atom. The second kappa shape index (κ2) is 4.74. The summed E-state index contributed by atoms with van der Waals surface area (Å²) in [5, 5.41) is 9.36. The van der Waals surface area contributed by atoms with E-state index in [4.69, 9.17) is 5.73 Å². The fourth-order valence-corrected chi connectivity index (χ4v) is 0.779. The quantitative estimate of drug-likeness (QED) is 0.599. The number of rotatable bonds is 4. The van der Waals surface area contributed by atoms with Gasteiger partial charge in [0.05, 0.1) is 6.10 Å². The number of aliphatic hydroxyl groups excluding tert-OH is 1. The minimum Gasteiger partial charge on any atom is -0.399 e. The molecule has 0 saturated carbocycles. The number of allylic oxidation sites excluding steroid dienone is 2. The van der Waals surface area contributed by atoms with Crippen molar-refractivity contribution >= 4 is 0 Å². The Labute approximate surface area is 67.7 Å². The van der Waals surface area contributed by atoms with Gasteiger partial charge in [-0.1, -0.05) is 32.2 Å². The fourth-order valence-electron chi connectivity index (χ4n) is 0.779. The molecule has 0 spiro atoms. The van der Waals surface area contributed by atoms with Gasteiger partial charge in [0.25, 0.3) is 0 Å². The topological polar surface area (TPSA) is 46.2 Å². The summed E-state index contributed by atoms with van der Waals surface area (Å²) in [5.74, 6) is 0. The van der Waals surface area contributed by atoms with Crippen LogP contribution in [-0.4, -0.2) is 11.2 Å². The van der Waals surface area contributed by atoms with Crippen LogP contribution in [0.4, 0.5) is 0 Å². The van der Waals surface area contributed by atoms with Crippen molar-refractivity contribution < 1.29 is 5.11 Å². The average molecular weight is 153 g/mol. The van der Waals surface area contributed by atoms with Crippen molar-refractivity contribution in [2.45, 2.75) is 19.4 Å². The molecule has 0 aromatic heterocycles. The summed E-state index contributed by atoms with van der Waals surface area (Å²) in [6.07, 6.45) is 3.38. The highest BCUT2D eigenvalue weighted by molar-refractivity contribution is 5.31. The molecule has 2 nitrogen and oxygen atoms in total. The SMILES string of the molecule is C=C/C=C(\C(=C)N)C(O)CC. The Kier molecular flexibility index (Phi) is 4.30. The van der Waals surface area contributed by atoms with Gasteiger partial charge in [0.1, 0.15) is 0 Å². The third-order valence-corrected chi connectivity index (χ3v) is 1.41. The zero-order chi connectivity index (χ0) is 8.85. The highest BCUT2D eigenvalue weighted by atomic mass is 16.3. The Balaban J connectivity index is 4.46. The average Bonchev–Trinajstić information content (AvgIpc) is 1.98. The maximum absolute atomic E-state index is 9.36. The van der Waals surface area contributed by atoms with Gasteiger partial charge in [0, 0.05) is 11.3 Å². The van der Waals surface area contributed by atoms with Gasteiger partial charge < -0.3 is 10.8 Å². The zero-order valence-electron chi connectivity index (χ0n) is 6.88. The third kappa shape index (κ3) is 3.05. The standard InChI is InChI=1S/C9H15NO/c1-4-6-8(7(3)10)9(11)5-2/h4,6,9,11H,1,3,5,10H2,2H3/b8-6+. The van der Waals surface area contributed by atoms with E-state index >= 15 is 0 Å². The summed E-state index contributed by atoms with van der Waals surface area (Å²) in [6.45, 7) is 8.94. The number of aliphatic hydroxyl groups is 1. The second-order valence-electron chi connectivity index (χ2n) is 2.31. The molecule has 0 aliphatic carbocycles. The van der Waals surface area contributed by atoms with E-state index in [9.17, 15) is 5.11 Å². The molecule has 0 amide bonds. The minimum absolute atomic E-state index is 0.402. The van der Waals surface area contributed by atoms with Crippen LogP contribution < -0.4 is 5.73 Å². The molecule has 0 saturated heterocycles. The minimum atomic E-state index is -0.523. The van der Waals surface area contributed by atoms with Crippen LogP contribution in [0.5, 0.6) is 0 Å². The number of hydrogen-bond donors (Lipinski definition) is 2. The molecule has 3 N–H and O–H groups in total. The van der Waals surface area contributed by atoms with Crippen LogP contribution in [-0.2, 0) is 0 Å². The molecule has 0 heterocycles. The molecule has 0 aliphatic heterocycles. The van der Waals surface area contributed by atoms with Crippen molar-refractivity contribution in [1.82, 2.24) is 0 Å². The van der Waals surface area contributed by atoms with Gasteiger partial charge in [-0.25, -0.2) is 0 Å². The maximum Gasteiger partial charge on any atom is 0.0807 e. The largest absolute Gasteiger partial charge is 0.399 e. The molecular weight excluding hydrogens is 138 g/mol. The summed E-state index contributed by atoms with van der Waals surface area (Å²) in [6, 6.07) is 0. The van der Waals surface area contributed by atoms with Gasteiger partial charge in [-0.05, 0) is 6.42 Å². The van der Waals surface area contributed by atoms with Crippen molar-refractivity contribution in [3.05, 3.63) is 36.6 Å². The first-order valence-corrected chi connectivity index (χ1v) is 3.58. The van der Waals surface area contributed by atoms with Crippen molar-refractivity contribution in [2.24, 2.45) is 5.73 Å². The number of hydrogen-bond acceptors (Lipinski definition) is 2. The van der Waals surface area contributed by atoms with Gasteiger partial charge in [-0.15, -0.1) is 0 Å². The summed E-state index contributed by atoms with van der Waals surface area (Å²) < 4.78 is 0. The first-order chi connectivity index (χ1) is 5.13. The molecule has 2 heteroatoms. The summed E-state index contributed by atoms with van der Waals surface area (Å²) in [5.41, 5.74) is 6.49. The van der Waals surface area contributed by atoms with Gasteiger partial charge in [-0.3, -0.25) is 0 Å². The molecule has 62 valence electrons. The highest BCUT2D eigenvalue weighted by Crippen LogP contribution is 2.10. The van der Waals surface area contributed by atoms with Crippen molar-refractivity contribution in [1.29, 1.82) is 0 Å². The molecule has 0 bridgehead atoms. The Morgan fingerprint density at radius 3 is 2.55 bits per heavy atom. The molecule has 1 atom stereocenters. The first-order valence-electron chi connectivity index (χ1n) is 3.58. The Bertz CT molecular complexity index is 182. The molecule has 0 aliphatic rings.